The fourth-order valence-corrected chi connectivity index (χ4v) is 3.54. The van der Waals surface area contributed by atoms with Crippen molar-refractivity contribution in [2.45, 2.75) is 32.2 Å². The first-order valence-electron chi connectivity index (χ1n) is 8.78. The van der Waals surface area contributed by atoms with Crippen LogP contribution in [0.4, 0.5) is 15.9 Å². The van der Waals surface area contributed by atoms with Gasteiger partial charge in [0.25, 0.3) is 5.91 Å². The number of amides is 1. The van der Waals surface area contributed by atoms with Crippen molar-refractivity contribution in [1.29, 1.82) is 5.26 Å². The normalized spacial score (nSPS) is 24.3. The molecule has 1 aromatic carbocycles. The first-order valence-corrected chi connectivity index (χ1v) is 8.78. The quantitative estimate of drug-likeness (QED) is 0.724. The number of nitriles is 1. The Hall–Kier alpha value is -3.41. The second-order valence-electron chi connectivity index (χ2n) is 7.28. The number of carboxylic acid groups (broad SMARTS) is 1. The van der Waals surface area contributed by atoms with Crippen LogP contribution in [0.15, 0.2) is 30.5 Å². The second-order valence-corrected chi connectivity index (χ2v) is 7.28. The number of aliphatic carboxylic acids is 1. The van der Waals surface area contributed by atoms with Crippen LogP contribution in [-0.4, -0.2) is 26.8 Å². The number of nitrogens with zero attached hydrogens (tertiary/aromatic N) is 3. The Morgan fingerprint density at radius 3 is 2.68 bits per heavy atom. The SMILES string of the molecule is CC1(C(=O)O)CCC(n2cc(C(N)=O)c(Nc3ccc(F)cc3)n2)C(C#N)C1. The lowest BCUT2D eigenvalue weighted by Gasteiger charge is -2.37. The number of halogens is 1. The Morgan fingerprint density at radius 1 is 1.43 bits per heavy atom. The number of benzene rings is 1. The van der Waals surface area contributed by atoms with E-state index in [0.29, 0.717) is 18.5 Å². The summed E-state index contributed by atoms with van der Waals surface area (Å²) in [5.41, 5.74) is 5.14. The van der Waals surface area contributed by atoms with Crippen LogP contribution in [0.5, 0.6) is 0 Å². The molecule has 0 radical (unpaired) electrons. The molecule has 1 saturated carbocycles. The molecule has 3 rings (SSSR count). The van der Waals surface area contributed by atoms with Crippen LogP contribution >= 0.6 is 0 Å². The highest BCUT2D eigenvalue weighted by Crippen LogP contribution is 2.44. The molecular formula is C19H20FN5O3. The zero-order chi connectivity index (χ0) is 20.5. The number of carbonyl (C=O) groups excluding carboxylic acids is 1. The van der Waals surface area contributed by atoms with E-state index in [2.05, 4.69) is 16.5 Å². The van der Waals surface area contributed by atoms with Crippen molar-refractivity contribution in [2.75, 3.05) is 5.32 Å². The molecule has 3 atom stereocenters. The van der Waals surface area contributed by atoms with Gasteiger partial charge in [-0.1, -0.05) is 0 Å². The average Bonchev–Trinajstić information content (AvgIpc) is 3.07. The molecule has 1 fully saturated rings. The van der Waals surface area contributed by atoms with Crippen LogP contribution in [0.25, 0.3) is 0 Å². The van der Waals surface area contributed by atoms with Crippen LogP contribution < -0.4 is 11.1 Å². The summed E-state index contributed by atoms with van der Waals surface area (Å²) in [4.78, 5) is 23.4. The molecule has 1 aliphatic carbocycles. The maximum atomic E-state index is 13.1. The summed E-state index contributed by atoms with van der Waals surface area (Å²) in [6.07, 6.45) is 2.47. The number of carbonyl (C=O) groups is 2. The molecule has 146 valence electrons. The van der Waals surface area contributed by atoms with E-state index in [1.165, 1.54) is 35.1 Å². The molecule has 3 unspecified atom stereocenters. The minimum atomic E-state index is -0.967. The standard InChI is InChI=1S/C19H20FN5O3/c1-19(18(27)28)7-6-15(11(8-19)9-21)25-10-14(16(22)26)17(24-25)23-13-4-2-12(20)3-5-13/h2-5,10-11,15H,6-8H2,1H3,(H2,22,26)(H,23,24)(H,27,28). The summed E-state index contributed by atoms with van der Waals surface area (Å²) in [6, 6.07) is 7.32. The van der Waals surface area contributed by atoms with Gasteiger partial charge in [-0.3, -0.25) is 14.3 Å². The molecule has 0 bridgehead atoms. The van der Waals surface area contributed by atoms with Gasteiger partial charge in [-0.2, -0.15) is 10.4 Å². The van der Waals surface area contributed by atoms with E-state index >= 15 is 0 Å². The van der Waals surface area contributed by atoms with E-state index in [4.69, 9.17) is 5.73 Å². The van der Waals surface area contributed by atoms with Crippen molar-refractivity contribution < 1.29 is 19.1 Å². The molecule has 4 N–H and O–H groups in total. The zero-order valence-corrected chi connectivity index (χ0v) is 15.2. The lowest BCUT2D eigenvalue weighted by Crippen LogP contribution is -2.38. The topological polar surface area (TPSA) is 134 Å². The van der Waals surface area contributed by atoms with Gasteiger partial charge in [0, 0.05) is 11.9 Å². The van der Waals surface area contributed by atoms with Crippen molar-refractivity contribution >= 4 is 23.4 Å². The number of nitrogens with two attached hydrogens (primary N) is 1. The minimum absolute atomic E-state index is 0.132. The largest absolute Gasteiger partial charge is 0.481 e. The lowest BCUT2D eigenvalue weighted by molar-refractivity contribution is -0.151. The van der Waals surface area contributed by atoms with Gasteiger partial charge in [-0.25, -0.2) is 4.39 Å². The summed E-state index contributed by atoms with van der Waals surface area (Å²) < 4.78 is 14.6. The van der Waals surface area contributed by atoms with Crippen LogP contribution in [0, 0.1) is 28.5 Å². The number of aromatic nitrogens is 2. The van der Waals surface area contributed by atoms with Crippen molar-refractivity contribution in [3.05, 3.63) is 41.8 Å². The van der Waals surface area contributed by atoms with E-state index in [0.717, 1.165) is 0 Å². The highest BCUT2D eigenvalue weighted by atomic mass is 19.1. The Kier molecular flexibility index (Phi) is 5.05. The highest BCUT2D eigenvalue weighted by Gasteiger charge is 2.44. The van der Waals surface area contributed by atoms with Crippen LogP contribution in [-0.2, 0) is 4.79 Å². The third-order valence-electron chi connectivity index (χ3n) is 5.25. The van der Waals surface area contributed by atoms with E-state index in [1.54, 1.807) is 6.92 Å². The Balaban J connectivity index is 1.90. The summed E-state index contributed by atoms with van der Waals surface area (Å²) in [7, 11) is 0. The fourth-order valence-electron chi connectivity index (χ4n) is 3.54. The van der Waals surface area contributed by atoms with Gasteiger partial charge in [-0.05, 0) is 50.5 Å². The number of rotatable bonds is 5. The lowest BCUT2D eigenvalue weighted by atomic mass is 9.69. The Morgan fingerprint density at radius 2 is 2.11 bits per heavy atom. The van der Waals surface area contributed by atoms with E-state index in [1.807, 2.05) is 0 Å². The first kappa shape index (κ1) is 19.4. The summed E-state index contributed by atoms with van der Waals surface area (Å²) >= 11 is 0. The van der Waals surface area contributed by atoms with E-state index in [9.17, 15) is 24.3 Å². The minimum Gasteiger partial charge on any atom is -0.481 e. The molecule has 1 amide bonds. The van der Waals surface area contributed by atoms with Gasteiger partial charge in [0.2, 0.25) is 0 Å². The average molecular weight is 385 g/mol. The number of nitrogens with one attached hydrogen (secondary N) is 1. The van der Waals surface area contributed by atoms with Gasteiger partial charge >= 0.3 is 5.97 Å². The third kappa shape index (κ3) is 3.67. The van der Waals surface area contributed by atoms with Gasteiger partial charge in [0.15, 0.2) is 5.82 Å². The van der Waals surface area contributed by atoms with Crippen LogP contribution in [0.2, 0.25) is 0 Å². The summed E-state index contributed by atoms with van der Waals surface area (Å²) in [5.74, 6) is -2.40. The molecule has 8 nitrogen and oxygen atoms in total. The van der Waals surface area contributed by atoms with Crippen LogP contribution in [0.3, 0.4) is 0 Å². The number of primary amides is 1. The number of hydrogen-bond donors (Lipinski definition) is 3. The first-order chi connectivity index (χ1) is 13.2. The summed E-state index contributed by atoms with van der Waals surface area (Å²) in [5, 5.41) is 26.3. The monoisotopic (exact) mass is 385 g/mol. The molecule has 1 aliphatic rings. The zero-order valence-electron chi connectivity index (χ0n) is 15.2. The third-order valence-corrected chi connectivity index (χ3v) is 5.25. The van der Waals surface area contributed by atoms with Gasteiger partial charge < -0.3 is 16.2 Å². The van der Waals surface area contributed by atoms with Crippen molar-refractivity contribution in [1.82, 2.24) is 9.78 Å². The van der Waals surface area contributed by atoms with Crippen molar-refractivity contribution in [3.63, 3.8) is 0 Å². The Bertz CT molecular complexity index is 949. The number of carboxylic acids is 1. The molecular weight excluding hydrogens is 365 g/mol. The van der Waals surface area contributed by atoms with E-state index < -0.39 is 29.0 Å². The predicted octanol–water partition coefficient (Wildman–Crippen LogP) is 2.82. The van der Waals surface area contributed by atoms with Gasteiger partial charge in [0.05, 0.1) is 23.4 Å². The molecule has 0 spiro atoms. The molecule has 1 aromatic heterocycles. The second kappa shape index (κ2) is 7.31. The smallest absolute Gasteiger partial charge is 0.309 e. The maximum Gasteiger partial charge on any atom is 0.309 e. The number of anilines is 2. The molecule has 0 aliphatic heterocycles. The highest BCUT2D eigenvalue weighted by molar-refractivity contribution is 5.98. The van der Waals surface area contributed by atoms with Crippen molar-refractivity contribution in [3.8, 4) is 6.07 Å². The molecule has 2 aromatic rings. The molecule has 0 saturated heterocycles. The predicted molar refractivity (Wildman–Crippen MR) is 98.2 cm³/mol. The molecule has 28 heavy (non-hydrogen) atoms. The number of hydrogen-bond acceptors (Lipinski definition) is 5. The fraction of sp³-hybridized carbons (Fsp3) is 0.368. The maximum absolute atomic E-state index is 13.1. The molecule has 9 heteroatoms. The van der Waals surface area contributed by atoms with Gasteiger partial charge in [-0.15, -0.1) is 0 Å². The van der Waals surface area contributed by atoms with E-state index in [-0.39, 0.29) is 23.8 Å². The summed E-state index contributed by atoms with van der Waals surface area (Å²) in [6.45, 7) is 1.63. The van der Waals surface area contributed by atoms with Crippen molar-refractivity contribution in [2.24, 2.45) is 17.1 Å². The Labute approximate surface area is 160 Å². The van der Waals surface area contributed by atoms with Gasteiger partial charge in [0.1, 0.15) is 11.4 Å². The molecule has 1 heterocycles. The van der Waals surface area contributed by atoms with Crippen LogP contribution in [0.1, 0.15) is 42.6 Å².